The minimum absolute atomic E-state index is 0.162. The van der Waals surface area contributed by atoms with E-state index in [9.17, 15) is 15.3 Å². The van der Waals surface area contributed by atoms with Crippen LogP contribution in [0.25, 0.3) is 0 Å². The van der Waals surface area contributed by atoms with Crippen LogP contribution in [0.4, 0.5) is 0 Å². The third kappa shape index (κ3) is 5.82. The Hall–Kier alpha value is -2.99. The van der Waals surface area contributed by atoms with Crippen LogP contribution < -0.4 is 5.32 Å². The number of nitrogens with zero attached hydrogens (tertiary/aromatic N) is 1. The first-order valence-corrected chi connectivity index (χ1v) is 8.34. The van der Waals surface area contributed by atoms with Crippen LogP contribution >= 0.6 is 0 Å². The van der Waals surface area contributed by atoms with E-state index in [0.29, 0.717) is 25.1 Å². The number of methoxy groups -OCH3 is 1. The second kappa shape index (κ2) is 10.1. The molecule has 0 aromatic heterocycles. The fraction of sp³-hybridized carbons (Fsp3) is 0.250. The topological polar surface area (TPSA) is 94.3 Å². The molecule has 0 fully saturated rings. The van der Waals surface area contributed by atoms with Gasteiger partial charge < -0.3 is 25.4 Å². The van der Waals surface area contributed by atoms with E-state index in [1.165, 1.54) is 7.11 Å². The van der Waals surface area contributed by atoms with Crippen molar-refractivity contribution in [3.63, 3.8) is 0 Å². The molecule has 0 radical (unpaired) electrons. The lowest BCUT2D eigenvalue weighted by atomic mass is 10.0. The highest BCUT2D eigenvalue weighted by atomic mass is 16.6. The standard InChI is InChI=1S/C20H24N2O4/c1-26-20(25)11-10-17(16-7-3-5-9-19(16)24)22-13-12-21-14-15-6-2-4-8-18(15)23/h2-9,11,14,17,22-25H,10,12-13H2,1H3/b20-11+,21-14?. The zero-order valence-electron chi connectivity index (χ0n) is 14.7. The predicted molar refractivity (Wildman–Crippen MR) is 102 cm³/mol. The normalized spacial score (nSPS) is 13.0. The molecule has 0 saturated heterocycles. The van der Waals surface area contributed by atoms with E-state index in [1.807, 2.05) is 18.2 Å². The van der Waals surface area contributed by atoms with E-state index in [2.05, 4.69) is 10.3 Å². The van der Waals surface area contributed by atoms with Crippen LogP contribution in [0.1, 0.15) is 23.6 Å². The summed E-state index contributed by atoms with van der Waals surface area (Å²) in [6.07, 6.45) is 3.62. The zero-order chi connectivity index (χ0) is 18.8. The molecule has 2 aromatic carbocycles. The molecule has 6 nitrogen and oxygen atoms in total. The monoisotopic (exact) mass is 356 g/mol. The number of aliphatic imine (C=N–C) groups is 1. The summed E-state index contributed by atoms with van der Waals surface area (Å²) in [6, 6.07) is 13.9. The summed E-state index contributed by atoms with van der Waals surface area (Å²) in [6.45, 7) is 1.06. The van der Waals surface area contributed by atoms with Crippen LogP contribution in [0.15, 0.2) is 65.5 Å². The summed E-state index contributed by atoms with van der Waals surface area (Å²) < 4.78 is 4.75. The number of aliphatic hydroxyl groups is 1. The number of hydrogen-bond donors (Lipinski definition) is 4. The maximum Gasteiger partial charge on any atom is 0.272 e. The summed E-state index contributed by atoms with van der Waals surface area (Å²) >= 11 is 0. The number of ether oxygens (including phenoxy) is 1. The number of hydrogen-bond acceptors (Lipinski definition) is 6. The van der Waals surface area contributed by atoms with Gasteiger partial charge in [-0.25, -0.2) is 0 Å². The molecule has 0 bridgehead atoms. The molecular weight excluding hydrogens is 332 g/mol. The third-order valence-corrected chi connectivity index (χ3v) is 3.85. The average molecular weight is 356 g/mol. The first-order chi connectivity index (χ1) is 12.6. The third-order valence-electron chi connectivity index (χ3n) is 3.85. The van der Waals surface area contributed by atoms with Gasteiger partial charge in [0.15, 0.2) is 0 Å². The van der Waals surface area contributed by atoms with Gasteiger partial charge >= 0.3 is 0 Å². The van der Waals surface area contributed by atoms with Crippen molar-refractivity contribution in [1.29, 1.82) is 0 Å². The van der Waals surface area contributed by atoms with Crippen molar-refractivity contribution in [3.8, 4) is 11.5 Å². The number of aliphatic hydroxyl groups excluding tert-OH is 1. The number of phenols is 2. The minimum atomic E-state index is -0.200. The number of phenolic OH excluding ortho intramolecular Hbond substituents is 2. The summed E-state index contributed by atoms with van der Waals surface area (Å²) in [5.74, 6) is 0.217. The van der Waals surface area contributed by atoms with Gasteiger partial charge in [0.05, 0.1) is 13.7 Å². The van der Waals surface area contributed by atoms with Crippen molar-refractivity contribution in [2.24, 2.45) is 4.99 Å². The van der Waals surface area contributed by atoms with Crippen LogP contribution in [-0.4, -0.2) is 41.7 Å². The van der Waals surface area contributed by atoms with E-state index in [4.69, 9.17) is 4.74 Å². The smallest absolute Gasteiger partial charge is 0.272 e. The Morgan fingerprint density at radius 1 is 1.12 bits per heavy atom. The van der Waals surface area contributed by atoms with Gasteiger partial charge in [0.1, 0.15) is 11.5 Å². The fourth-order valence-electron chi connectivity index (χ4n) is 2.47. The van der Waals surface area contributed by atoms with Crippen LogP contribution in [0, 0.1) is 0 Å². The van der Waals surface area contributed by atoms with Gasteiger partial charge in [0.25, 0.3) is 5.95 Å². The molecule has 4 N–H and O–H groups in total. The first-order valence-electron chi connectivity index (χ1n) is 8.34. The van der Waals surface area contributed by atoms with Crippen molar-refractivity contribution in [2.75, 3.05) is 20.2 Å². The second-order valence-corrected chi connectivity index (χ2v) is 5.64. The Kier molecular flexibility index (Phi) is 7.51. The van der Waals surface area contributed by atoms with E-state index in [-0.39, 0.29) is 23.5 Å². The lowest BCUT2D eigenvalue weighted by molar-refractivity contribution is 0.134. The lowest BCUT2D eigenvalue weighted by Crippen LogP contribution is -2.24. The van der Waals surface area contributed by atoms with E-state index in [1.54, 1.807) is 42.6 Å². The second-order valence-electron chi connectivity index (χ2n) is 5.64. The van der Waals surface area contributed by atoms with Crippen LogP contribution in [0.2, 0.25) is 0 Å². The summed E-state index contributed by atoms with van der Waals surface area (Å²) in [5, 5.41) is 32.6. The first kappa shape index (κ1) is 19.3. The number of para-hydroxylation sites is 2. The molecule has 1 unspecified atom stereocenters. The summed E-state index contributed by atoms with van der Waals surface area (Å²) in [5.41, 5.74) is 1.40. The van der Waals surface area contributed by atoms with Gasteiger partial charge in [-0.1, -0.05) is 30.3 Å². The molecule has 2 rings (SSSR count). The molecule has 0 aliphatic heterocycles. The van der Waals surface area contributed by atoms with Gasteiger partial charge in [-0.2, -0.15) is 0 Å². The van der Waals surface area contributed by atoms with E-state index >= 15 is 0 Å². The largest absolute Gasteiger partial charge is 0.508 e. The molecule has 0 amide bonds. The highest BCUT2D eigenvalue weighted by molar-refractivity contribution is 5.83. The minimum Gasteiger partial charge on any atom is -0.508 e. The summed E-state index contributed by atoms with van der Waals surface area (Å²) in [7, 11) is 1.39. The van der Waals surface area contributed by atoms with Crippen LogP contribution in [0.3, 0.4) is 0 Å². The van der Waals surface area contributed by atoms with Crippen molar-refractivity contribution in [1.82, 2.24) is 5.32 Å². The van der Waals surface area contributed by atoms with Crippen molar-refractivity contribution < 1.29 is 20.1 Å². The van der Waals surface area contributed by atoms with E-state index in [0.717, 1.165) is 5.56 Å². The molecule has 138 valence electrons. The maximum atomic E-state index is 10.1. The van der Waals surface area contributed by atoms with Gasteiger partial charge in [-0.15, -0.1) is 0 Å². The lowest BCUT2D eigenvalue weighted by Gasteiger charge is -2.18. The van der Waals surface area contributed by atoms with Gasteiger partial charge in [-0.3, -0.25) is 4.99 Å². The molecule has 26 heavy (non-hydrogen) atoms. The highest BCUT2D eigenvalue weighted by Crippen LogP contribution is 2.26. The molecule has 0 aliphatic carbocycles. The van der Waals surface area contributed by atoms with E-state index < -0.39 is 0 Å². The zero-order valence-corrected chi connectivity index (χ0v) is 14.7. The van der Waals surface area contributed by atoms with Crippen molar-refractivity contribution in [3.05, 3.63) is 71.7 Å². The number of nitrogens with one attached hydrogen (secondary N) is 1. The highest BCUT2D eigenvalue weighted by Gasteiger charge is 2.13. The molecule has 0 aliphatic rings. The fourth-order valence-corrected chi connectivity index (χ4v) is 2.47. The Morgan fingerprint density at radius 3 is 2.50 bits per heavy atom. The molecule has 2 aromatic rings. The molecular formula is C20H24N2O4. The van der Waals surface area contributed by atoms with Crippen LogP contribution in [-0.2, 0) is 4.74 Å². The number of rotatable bonds is 9. The summed E-state index contributed by atoms with van der Waals surface area (Å²) in [4.78, 5) is 4.30. The Morgan fingerprint density at radius 2 is 1.81 bits per heavy atom. The van der Waals surface area contributed by atoms with Crippen LogP contribution in [0.5, 0.6) is 11.5 Å². The van der Waals surface area contributed by atoms with Gasteiger partial charge in [-0.05, 0) is 30.7 Å². The van der Waals surface area contributed by atoms with Gasteiger partial charge in [0.2, 0.25) is 0 Å². The van der Waals surface area contributed by atoms with Gasteiger partial charge in [0, 0.05) is 29.9 Å². The average Bonchev–Trinajstić information content (AvgIpc) is 2.65. The van der Waals surface area contributed by atoms with Crippen molar-refractivity contribution >= 4 is 6.21 Å². The molecule has 6 heteroatoms. The molecule has 0 saturated carbocycles. The Balaban J connectivity index is 1.96. The predicted octanol–water partition coefficient (Wildman–Crippen LogP) is 3.28. The SMILES string of the molecule is CO/C(O)=C/CC(NCCN=Cc1ccccc1O)c1ccccc1O. The number of benzene rings is 2. The Labute approximate surface area is 153 Å². The van der Waals surface area contributed by atoms with Crippen molar-refractivity contribution in [2.45, 2.75) is 12.5 Å². The molecule has 0 spiro atoms. The maximum absolute atomic E-state index is 10.1. The number of aromatic hydroxyl groups is 2. The quantitative estimate of drug-likeness (QED) is 0.314. The molecule has 0 heterocycles. The molecule has 1 atom stereocenters. The Bertz CT molecular complexity index is 759.